The van der Waals surface area contributed by atoms with Crippen molar-refractivity contribution >= 4 is 52.6 Å². The quantitative estimate of drug-likeness (QED) is 0.111. The molecule has 9 N–H and O–H groups in total. The van der Waals surface area contributed by atoms with Crippen LogP contribution in [0.1, 0.15) is 12.5 Å². The van der Waals surface area contributed by atoms with Crippen LogP contribution in [0.25, 0.3) is 22.3 Å². The van der Waals surface area contributed by atoms with E-state index in [4.69, 9.17) is 41.8 Å². The van der Waals surface area contributed by atoms with Gasteiger partial charge in [-0.15, -0.1) is 0 Å². The summed E-state index contributed by atoms with van der Waals surface area (Å²) in [6.45, 7) is -5.68. The number of nitrogen functional groups attached to an aromatic ring is 2. The van der Waals surface area contributed by atoms with Crippen LogP contribution < -0.4 is 17.0 Å². The third kappa shape index (κ3) is 4.74. The molecule has 1 fully saturated rings. The van der Waals surface area contributed by atoms with E-state index in [-0.39, 0.29) is 34.1 Å². The largest absolute Gasteiger partial charge is 0.506 e. The Morgan fingerprint density at radius 3 is 2.60 bits per heavy atom. The van der Waals surface area contributed by atoms with E-state index >= 15 is 4.39 Å². The summed E-state index contributed by atoms with van der Waals surface area (Å²) in [4.78, 5) is 45.2. The Hall–Kier alpha value is -3.82. The van der Waals surface area contributed by atoms with E-state index in [9.17, 15) is 25.0 Å². The Kier molecular flexibility index (Phi) is 7.06. The second kappa shape index (κ2) is 10.5. The molecule has 22 heteroatoms. The normalized spacial score (nSPS) is 27.6. The Labute approximate surface area is 237 Å². The molecular weight excluding hydrogens is 606 g/mol. The molecule has 0 aliphatic carbocycles. The Balaban J connectivity index is 1.20. The number of nitrogens with two attached hydrogens (primary N) is 2. The fourth-order valence-electron chi connectivity index (χ4n) is 4.58. The number of aromatic amines is 1. The van der Waals surface area contributed by atoms with Gasteiger partial charge in [-0.1, -0.05) is 0 Å². The zero-order chi connectivity index (χ0) is 29.9. The van der Waals surface area contributed by atoms with Gasteiger partial charge in [-0.05, 0) is 11.8 Å². The lowest BCUT2D eigenvalue weighted by molar-refractivity contribution is -0.0500. The van der Waals surface area contributed by atoms with Crippen LogP contribution in [0.2, 0.25) is 0 Å². The fraction of sp³-hybridized carbons (Fsp3) is 0.400. The lowest BCUT2D eigenvalue weighted by atomic mass is 10.1. The number of aliphatic hydroxyl groups is 3. The SMILES string of the molecule is Nc1nc2c(ncn2[C@@H]2O[C@H](CO)C(O)C2OP(O)(=S)OCC2=C(O)C(F)[C@H](n3cnc4c(N)ncnc43)O2)c(=O)[nH]1. The highest BCUT2D eigenvalue weighted by Gasteiger charge is 2.49. The van der Waals surface area contributed by atoms with Crippen LogP contribution >= 0.6 is 6.72 Å². The molecule has 6 heterocycles. The number of nitrogens with zero attached hydrogens (tertiary/aromatic N) is 7. The minimum atomic E-state index is -4.30. The number of aliphatic hydroxyl groups excluding tert-OH is 3. The summed E-state index contributed by atoms with van der Waals surface area (Å²) in [5.41, 5.74) is 11.0. The number of rotatable bonds is 8. The van der Waals surface area contributed by atoms with E-state index in [0.29, 0.717) is 0 Å². The van der Waals surface area contributed by atoms with Crippen LogP contribution in [0.4, 0.5) is 16.2 Å². The van der Waals surface area contributed by atoms with Crippen molar-refractivity contribution in [3.05, 3.63) is 40.9 Å². The molecule has 2 aliphatic rings. The van der Waals surface area contributed by atoms with Gasteiger partial charge in [0.2, 0.25) is 18.3 Å². The number of fused-ring (bicyclic) bond motifs is 2. The monoisotopic (exact) mass is 628 g/mol. The van der Waals surface area contributed by atoms with Crippen molar-refractivity contribution in [2.24, 2.45) is 0 Å². The van der Waals surface area contributed by atoms with Crippen molar-refractivity contribution in [2.45, 2.75) is 36.9 Å². The van der Waals surface area contributed by atoms with Crippen molar-refractivity contribution < 1.29 is 43.1 Å². The van der Waals surface area contributed by atoms with E-state index in [1.807, 2.05) is 0 Å². The van der Waals surface area contributed by atoms with E-state index in [2.05, 4.69) is 29.9 Å². The Morgan fingerprint density at radius 1 is 1.14 bits per heavy atom. The molecule has 4 aromatic rings. The maximum atomic E-state index is 15.1. The lowest BCUT2D eigenvalue weighted by Crippen LogP contribution is -2.35. The summed E-state index contributed by atoms with van der Waals surface area (Å²) in [5, 5.41) is 30.8. The van der Waals surface area contributed by atoms with Gasteiger partial charge in [-0.25, -0.2) is 24.3 Å². The average Bonchev–Trinajstić information content (AvgIpc) is 3.69. The average molecular weight is 628 g/mol. The summed E-state index contributed by atoms with van der Waals surface area (Å²) in [5.74, 6) is -1.41. The second-order valence-corrected chi connectivity index (χ2v) is 11.9. The van der Waals surface area contributed by atoms with Crippen LogP contribution in [0.3, 0.4) is 0 Å². The predicted molar refractivity (Wildman–Crippen MR) is 141 cm³/mol. The number of aromatic nitrogens is 8. The third-order valence-corrected chi connectivity index (χ3v) is 8.09. The molecule has 19 nitrogen and oxygen atoms in total. The second-order valence-electron chi connectivity index (χ2n) is 9.13. The molecule has 4 unspecified atom stereocenters. The zero-order valence-electron chi connectivity index (χ0n) is 21.0. The van der Waals surface area contributed by atoms with Gasteiger partial charge in [0.05, 0.1) is 12.9 Å². The van der Waals surface area contributed by atoms with Crippen LogP contribution in [0, 0.1) is 0 Å². The highest BCUT2D eigenvalue weighted by molar-refractivity contribution is 8.07. The molecule has 0 saturated carbocycles. The lowest BCUT2D eigenvalue weighted by Gasteiger charge is -2.26. The van der Waals surface area contributed by atoms with Gasteiger partial charge in [0.1, 0.15) is 43.1 Å². The van der Waals surface area contributed by atoms with Gasteiger partial charge >= 0.3 is 6.72 Å². The molecule has 0 amide bonds. The first-order valence-electron chi connectivity index (χ1n) is 12.0. The third-order valence-electron chi connectivity index (χ3n) is 6.55. The van der Waals surface area contributed by atoms with E-state index < -0.39 is 73.9 Å². The molecule has 0 aromatic carbocycles. The number of nitrogens with one attached hydrogen (secondary N) is 1. The van der Waals surface area contributed by atoms with E-state index in [0.717, 1.165) is 12.7 Å². The van der Waals surface area contributed by atoms with E-state index in [1.165, 1.54) is 15.5 Å². The molecule has 6 rings (SSSR count). The molecule has 2 aliphatic heterocycles. The van der Waals surface area contributed by atoms with Crippen LogP contribution in [0.5, 0.6) is 0 Å². The molecule has 0 spiro atoms. The molecule has 42 heavy (non-hydrogen) atoms. The first-order chi connectivity index (χ1) is 20.0. The van der Waals surface area contributed by atoms with Crippen molar-refractivity contribution in [2.75, 3.05) is 24.7 Å². The number of hydrogen-bond acceptors (Lipinski definition) is 16. The van der Waals surface area contributed by atoms with E-state index in [1.54, 1.807) is 0 Å². The fourth-order valence-corrected chi connectivity index (χ4v) is 5.91. The summed E-state index contributed by atoms with van der Waals surface area (Å²) in [6.07, 6.45) is -5.54. The predicted octanol–water partition coefficient (Wildman–Crippen LogP) is -1.37. The number of alkyl halides is 1. The van der Waals surface area contributed by atoms with Crippen molar-refractivity contribution in [1.82, 2.24) is 39.0 Å². The van der Waals surface area contributed by atoms with Gasteiger partial charge in [-0.2, -0.15) is 4.98 Å². The van der Waals surface area contributed by atoms with Gasteiger partial charge in [0.15, 0.2) is 40.4 Å². The summed E-state index contributed by atoms with van der Waals surface area (Å²) in [6, 6.07) is 0. The van der Waals surface area contributed by atoms with Crippen LogP contribution in [0.15, 0.2) is 35.3 Å². The molecule has 7 atom stereocenters. The van der Waals surface area contributed by atoms with Crippen molar-refractivity contribution in [1.29, 1.82) is 0 Å². The Bertz CT molecular complexity index is 1820. The summed E-state index contributed by atoms with van der Waals surface area (Å²) >= 11 is 5.09. The number of imidazole rings is 2. The first-order valence-corrected chi connectivity index (χ1v) is 14.6. The first kappa shape index (κ1) is 28.3. The zero-order valence-corrected chi connectivity index (χ0v) is 22.7. The number of H-pyrrole nitrogens is 1. The smallest absolute Gasteiger partial charge is 0.325 e. The standard InChI is InChI=1S/C20H22FN10O9PS/c21-8-11(33)7(39-18(8)30-4-26-9-14(22)24-3-25-15(9)30)2-37-41(36,42)40-13-12(34)6(1-32)38-19(13)31-5-27-10-16(31)28-20(23)29-17(10)35/h3-6,8,12-13,18-19,32-34H,1-2H2,(H,36,42)(H2,22,24,25)(H3,23,28,29,35)/t6-,8?,12?,13?,18-,19-,41?/m1/s1. The van der Waals surface area contributed by atoms with Gasteiger partial charge in [0, 0.05) is 0 Å². The summed E-state index contributed by atoms with van der Waals surface area (Å²) < 4.78 is 39.5. The van der Waals surface area contributed by atoms with Gasteiger partial charge in [0.25, 0.3) is 5.56 Å². The van der Waals surface area contributed by atoms with Crippen LogP contribution in [-0.4, -0.2) is 96.9 Å². The van der Waals surface area contributed by atoms with Crippen molar-refractivity contribution in [3.8, 4) is 0 Å². The minimum Gasteiger partial charge on any atom is -0.506 e. The molecule has 1 saturated heterocycles. The highest BCUT2D eigenvalue weighted by atomic mass is 32.5. The number of ether oxygens (including phenoxy) is 2. The highest BCUT2D eigenvalue weighted by Crippen LogP contribution is 2.50. The maximum absolute atomic E-state index is 15.1. The maximum Gasteiger partial charge on any atom is 0.325 e. The number of halogens is 1. The molecule has 224 valence electrons. The topological polar surface area (TPSA) is 277 Å². The molecule has 4 aromatic heterocycles. The van der Waals surface area contributed by atoms with Gasteiger partial charge < -0.3 is 45.7 Å². The molecule has 0 bridgehead atoms. The van der Waals surface area contributed by atoms with Crippen LogP contribution in [-0.2, 0) is 30.3 Å². The number of hydrogen-bond donors (Lipinski definition) is 7. The number of anilines is 2. The van der Waals surface area contributed by atoms with Crippen molar-refractivity contribution in [3.63, 3.8) is 0 Å². The molecule has 0 radical (unpaired) electrons. The van der Waals surface area contributed by atoms with Gasteiger partial charge in [-0.3, -0.25) is 23.4 Å². The molecular formula is C20H22FN10O9PS. The Morgan fingerprint density at radius 2 is 1.86 bits per heavy atom. The summed E-state index contributed by atoms with van der Waals surface area (Å²) in [7, 11) is 0. The minimum absolute atomic E-state index is 0.0404.